The van der Waals surface area contributed by atoms with Gasteiger partial charge in [-0.05, 0) is 24.8 Å². The number of carboxylic acid groups (broad SMARTS) is 1. The third-order valence-corrected chi connectivity index (χ3v) is 2.76. The van der Waals surface area contributed by atoms with Gasteiger partial charge in [0.15, 0.2) is 0 Å². The fourth-order valence-corrected chi connectivity index (χ4v) is 1.85. The van der Waals surface area contributed by atoms with Crippen molar-refractivity contribution < 1.29 is 9.90 Å². The van der Waals surface area contributed by atoms with Crippen molar-refractivity contribution in [2.24, 2.45) is 5.92 Å². The van der Waals surface area contributed by atoms with Crippen molar-refractivity contribution in [2.75, 3.05) is 0 Å². The normalized spacial score (nSPS) is 14.6. The molecule has 0 amide bonds. The molecule has 3 heteroatoms. The molecule has 0 fully saturated rings. The maximum Gasteiger partial charge on any atom is 0.320 e. The second-order valence-corrected chi connectivity index (χ2v) is 4.82. The van der Waals surface area contributed by atoms with E-state index >= 15 is 0 Å². The van der Waals surface area contributed by atoms with Crippen LogP contribution in [0.2, 0.25) is 0 Å². The Bertz CT molecular complexity index is 348. The lowest BCUT2D eigenvalue weighted by Crippen LogP contribution is -2.39. The molecule has 3 nitrogen and oxygen atoms in total. The molecule has 0 saturated heterocycles. The van der Waals surface area contributed by atoms with Crippen LogP contribution in [0.1, 0.15) is 38.8 Å². The Kier molecular flexibility index (Phi) is 5.16. The zero-order valence-corrected chi connectivity index (χ0v) is 10.7. The van der Waals surface area contributed by atoms with Gasteiger partial charge in [-0.1, -0.05) is 44.2 Å². The van der Waals surface area contributed by atoms with Crippen molar-refractivity contribution in [2.45, 2.75) is 39.3 Å². The molecular weight excluding hydrogens is 214 g/mol. The average Bonchev–Trinajstić information content (AvgIpc) is 2.28. The number of rotatable bonds is 6. The van der Waals surface area contributed by atoms with E-state index in [0.717, 1.165) is 5.56 Å². The Morgan fingerprint density at radius 2 is 1.82 bits per heavy atom. The third-order valence-electron chi connectivity index (χ3n) is 2.76. The predicted octanol–water partition coefficient (Wildman–Crippen LogP) is 2.84. The average molecular weight is 235 g/mol. The van der Waals surface area contributed by atoms with Crippen molar-refractivity contribution >= 4 is 5.97 Å². The molecule has 0 bridgehead atoms. The second-order valence-electron chi connectivity index (χ2n) is 4.82. The Hall–Kier alpha value is -1.35. The van der Waals surface area contributed by atoms with E-state index in [4.69, 9.17) is 5.11 Å². The zero-order chi connectivity index (χ0) is 12.8. The van der Waals surface area contributed by atoms with Gasteiger partial charge >= 0.3 is 5.97 Å². The van der Waals surface area contributed by atoms with Gasteiger partial charge in [-0.2, -0.15) is 0 Å². The summed E-state index contributed by atoms with van der Waals surface area (Å²) in [4.78, 5) is 11.1. The largest absolute Gasteiger partial charge is 0.480 e. The Labute approximate surface area is 103 Å². The maximum absolute atomic E-state index is 11.1. The molecule has 1 aromatic carbocycles. The quantitative estimate of drug-likeness (QED) is 0.797. The fourth-order valence-electron chi connectivity index (χ4n) is 1.85. The monoisotopic (exact) mass is 235 g/mol. The topological polar surface area (TPSA) is 49.3 Å². The molecule has 0 radical (unpaired) electrons. The van der Waals surface area contributed by atoms with E-state index < -0.39 is 12.0 Å². The van der Waals surface area contributed by atoms with Crippen LogP contribution in [0.15, 0.2) is 30.3 Å². The van der Waals surface area contributed by atoms with E-state index in [2.05, 4.69) is 5.32 Å². The molecular formula is C14H21NO2. The lowest BCUT2D eigenvalue weighted by atomic mass is 10.0. The van der Waals surface area contributed by atoms with Crippen LogP contribution in [0.25, 0.3) is 0 Å². The minimum atomic E-state index is -0.776. The van der Waals surface area contributed by atoms with Crippen molar-refractivity contribution in [1.29, 1.82) is 0 Å². The highest BCUT2D eigenvalue weighted by Gasteiger charge is 2.20. The van der Waals surface area contributed by atoms with Gasteiger partial charge in [0.05, 0.1) is 0 Å². The first-order chi connectivity index (χ1) is 8.00. The van der Waals surface area contributed by atoms with Crippen LogP contribution in [0.4, 0.5) is 0 Å². The molecule has 1 unspecified atom stereocenters. The van der Waals surface area contributed by atoms with E-state index in [9.17, 15) is 4.79 Å². The summed E-state index contributed by atoms with van der Waals surface area (Å²) in [6.07, 6.45) is 0.645. The van der Waals surface area contributed by atoms with Crippen LogP contribution < -0.4 is 5.32 Å². The number of carbonyl (C=O) groups is 1. The molecule has 17 heavy (non-hydrogen) atoms. The van der Waals surface area contributed by atoms with Gasteiger partial charge in [0.1, 0.15) is 6.04 Å². The van der Waals surface area contributed by atoms with E-state index in [1.165, 1.54) is 0 Å². The van der Waals surface area contributed by atoms with Crippen molar-refractivity contribution in [3.63, 3.8) is 0 Å². The lowest BCUT2D eigenvalue weighted by Gasteiger charge is -2.21. The molecule has 1 rings (SSSR count). The molecule has 1 aromatic rings. The first kappa shape index (κ1) is 13.7. The van der Waals surface area contributed by atoms with E-state index in [1.54, 1.807) is 0 Å². The first-order valence-corrected chi connectivity index (χ1v) is 6.04. The first-order valence-electron chi connectivity index (χ1n) is 6.04. The highest BCUT2D eigenvalue weighted by molar-refractivity contribution is 5.73. The molecule has 0 aliphatic carbocycles. The summed E-state index contributed by atoms with van der Waals surface area (Å²) < 4.78 is 0. The molecule has 2 atom stereocenters. The molecule has 2 N–H and O–H groups in total. The summed E-state index contributed by atoms with van der Waals surface area (Å²) in [5, 5.41) is 12.3. The van der Waals surface area contributed by atoms with E-state index in [1.807, 2.05) is 51.1 Å². The van der Waals surface area contributed by atoms with Crippen LogP contribution in [0, 0.1) is 5.92 Å². The molecule has 0 saturated carbocycles. The number of nitrogens with one attached hydrogen (secondary N) is 1. The second kappa shape index (κ2) is 6.40. The van der Waals surface area contributed by atoms with Crippen molar-refractivity contribution in [1.82, 2.24) is 5.32 Å². The molecule has 0 aliphatic heterocycles. The molecule has 0 spiro atoms. The van der Waals surface area contributed by atoms with Crippen LogP contribution in [-0.4, -0.2) is 17.1 Å². The summed E-state index contributed by atoms with van der Waals surface area (Å²) in [6, 6.07) is 9.47. The van der Waals surface area contributed by atoms with Gasteiger partial charge in [0, 0.05) is 6.04 Å². The number of hydrogen-bond acceptors (Lipinski definition) is 2. The lowest BCUT2D eigenvalue weighted by molar-refractivity contribution is -0.140. The summed E-state index contributed by atoms with van der Waals surface area (Å²) >= 11 is 0. The van der Waals surface area contributed by atoms with Crippen LogP contribution in [-0.2, 0) is 4.79 Å². The van der Waals surface area contributed by atoms with E-state index in [-0.39, 0.29) is 6.04 Å². The minimum Gasteiger partial charge on any atom is -0.480 e. The van der Waals surface area contributed by atoms with Gasteiger partial charge in [-0.15, -0.1) is 0 Å². The van der Waals surface area contributed by atoms with Gasteiger partial charge in [0.2, 0.25) is 0 Å². The number of aliphatic carboxylic acids is 1. The van der Waals surface area contributed by atoms with Crippen LogP contribution in [0.5, 0.6) is 0 Å². The standard InChI is InChI=1S/C14H21NO2/c1-10(2)9-13(14(16)17)15-11(3)12-7-5-4-6-8-12/h4-8,10-11,13,15H,9H2,1-3H3,(H,16,17)/t11-,13?/m1/s1. The molecule has 94 valence electrons. The van der Waals surface area contributed by atoms with Gasteiger partial charge < -0.3 is 5.11 Å². The van der Waals surface area contributed by atoms with Crippen molar-refractivity contribution in [3.05, 3.63) is 35.9 Å². The highest BCUT2D eigenvalue weighted by Crippen LogP contribution is 2.14. The Balaban J connectivity index is 2.64. The van der Waals surface area contributed by atoms with E-state index in [0.29, 0.717) is 12.3 Å². The van der Waals surface area contributed by atoms with Gasteiger partial charge in [-0.25, -0.2) is 0 Å². The van der Waals surface area contributed by atoms with Crippen molar-refractivity contribution in [3.8, 4) is 0 Å². The summed E-state index contributed by atoms with van der Waals surface area (Å²) in [5.74, 6) is -0.409. The molecule has 0 heterocycles. The smallest absolute Gasteiger partial charge is 0.320 e. The van der Waals surface area contributed by atoms with Gasteiger partial charge in [0.25, 0.3) is 0 Å². The number of carboxylic acids is 1. The molecule has 0 aliphatic rings. The Morgan fingerprint density at radius 1 is 1.24 bits per heavy atom. The Morgan fingerprint density at radius 3 is 2.29 bits per heavy atom. The maximum atomic E-state index is 11.1. The van der Waals surface area contributed by atoms with Gasteiger partial charge in [-0.3, -0.25) is 10.1 Å². The summed E-state index contributed by atoms with van der Waals surface area (Å²) in [6.45, 7) is 6.06. The zero-order valence-electron chi connectivity index (χ0n) is 10.7. The minimum absolute atomic E-state index is 0.0519. The number of hydrogen-bond donors (Lipinski definition) is 2. The highest BCUT2D eigenvalue weighted by atomic mass is 16.4. The SMILES string of the molecule is CC(C)CC(N[C@H](C)c1ccccc1)C(=O)O. The van der Waals surface area contributed by atoms with Crippen LogP contribution in [0.3, 0.4) is 0 Å². The fraction of sp³-hybridized carbons (Fsp3) is 0.500. The third kappa shape index (κ3) is 4.57. The summed E-state index contributed by atoms with van der Waals surface area (Å²) in [5.41, 5.74) is 1.11. The van der Waals surface area contributed by atoms with Crippen LogP contribution >= 0.6 is 0 Å². The predicted molar refractivity (Wildman–Crippen MR) is 68.9 cm³/mol. The number of benzene rings is 1. The summed E-state index contributed by atoms with van der Waals surface area (Å²) in [7, 11) is 0. The molecule has 0 aromatic heterocycles.